The van der Waals surface area contributed by atoms with Gasteiger partial charge in [0.2, 0.25) is 0 Å². The molecule has 3 aliphatic rings. The quantitative estimate of drug-likeness (QED) is 0.697. The molecule has 1 aromatic carbocycles. The first-order valence-electron chi connectivity index (χ1n) is 10.8. The molecule has 2 fully saturated rings. The Balaban J connectivity index is 1.29. The van der Waals surface area contributed by atoms with Crippen molar-refractivity contribution >= 4 is 11.9 Å². The van der Waals surface area contributed by atoms with Crippen molar-refractivity contribution in [3.63, 3.8) is 0 Å². The summed E-state index contributed by atoms with van der Waals surface area (Å²) >= 11 is 0. The molecule has 1 aromatic heterocycles. The minimum absolute atomic E-state index is 0.0178. The molecule has 0 spiro atoms. The Hall–Kier alpha value is -3.11. The largest absolute Gasteiger partial charge is 0.476 e. The summed E-state index contributed by atoms with van der Waals surface area (Å²) in [6.45, 7) is 6.19. The smallest absolute Gasteiger partial charge is 0.348 e. The summed E-state index contributed by atoms with van der Waals surface area (Å²) in [5.74, 6) is -1.76. The molecule has 4 heterocycles. The van der Waals surface area contributed by atoms with Crippen LogP contribution in [0.5, 0.6) is 11.5 Å². The van der Waals surface area contributed by atoms with Gasteiger partial charge in [-0.2, -0.15) is 4.99 Å². The minimum Gasteiger partial charge on any atom is -0.476 e. The molecule has 33 heavy (non-hydrogen) atoms. The number of aromatic nitrogens is 1. The van der Waals surface area contributed by atoms with Gasteiger partial charge < -0.3 is 19.1 Å². The molecule has 174 valence electrons. The molecular weight excluding hydrogens is 434 g/mol. The Labute approximate surface area is 189 Å². The predicted molar refractivity (Wildman–Crippen MR) is 114 cm³/mol. The highest BCUT2D eigenvalue weighted by molar-refractivity contribution is 5.94. The summed E-state index contributed by atoms with van der Waals surface area (Å²) in [6.07, 6.45) is 1.77. The topological polar surface area (TPSA) is 76.5 Å². The van der Waals surface area contributed by atoms with Crippen molar-refractivity contribution in [2.45, 2.75) is 38.6 Å². The Morgan fingerprint density at radius 1 is 1.24 bits per heavy atom. The van der Waals surface area contributed by atoms with Gasteiger partial charge in [-0.1, -0.05) is 0 Å². The number of urea groups is 1. The lowest BCUT2D eigenvalue weighted by molar-refractivity contribution is -0.158. The van der Waals surface area contributed by atoms with E-state index in [-0.39, 0.29) is 29.9 Å². The van der Waals surface area contributed by atoms with Gasteiger partial charge in [-0.05, 0) is 43.7 Å². The molecular formula is C23H24F2N4O4. The van der Waals surface area contributed by atoms with Gasteiger partial charge in [-0.25, -0.2) is 13.6 Å². The van der Waals surface area contributed by atoms with Crippen LogP contribution in [0.3, 0.4) is 0 Å². The highest BCUT2D eigenvalue weighted by atomic mass is 19.1. The van der Waals surface area contributed by atoms with E-state index in [9.17, 15) is 13.6 Å². The highest BCUT2D eigenvalue weighted by Gasteiger charge is 2.51. The fourth-order valence-corrected chi connectivity index (χ4v) is 4.50. The number of carbonyl (C=O) groups is 1. The van der Waals surface area contributed by atoms with Crippen LogP contribution < -0.4 is 4.74 Å². The van der Waals surface area contributed by atoms with Gasteiger partial charge in [0.15, 0.2) is 23.3 Å². The number of halogens is 2. The van der Waals surface area contributed by atoms with Gasteiger partial charge in [0.05, 0.1) is 31.9 Å². The number of benzene rings is 1. The molecule has 3 aliphatic heterocycles. The number of amides is 2. The van der Waals surface area contributed by atoms with E-state index >= 15 is 0 Å². The van der Waals surface area contributed by atoms with E-state index < -0.39 is 29.1 Å². The number of hydrogen-bond acceptors (Lipinski definition) is 6. The first-order chi connectivity index (χ1) is 15.8. The van der Waals surface area contributed by atoms with E-state index in [0.717, 1.165) is 24.4 Å². The zero-order valence-corrected chi connectivity index (χ0v) is 18.4. The van der Waals surface area contributed by atoms with Crippen LogP contribution in [-0.2, 0) is 16.1 Å². The van der Waals surface area contributed by atoms with Crippen LogP contribution in [0.1, 0.15) is 24.6 Å². The van der Waals surface area contributed by atoms with Gasteiger partial charge in [0.1, 0.15) is 18.0 Å². The van der Waals surface area contributed by atoms with Crippen molar-refractivity contribution in [1.29, 1.82) is 0 Å². The highest BCUT2D eigenvalue weighted by Crippen LogP contribution is 2.36. The second kappa shape index (κ2) is 8.35. The lowest BCUT2D eigenvalue weighted by atomic mass is 9.96. The lowest BCUT2D eigenvalue weighted by Gasteiger charge is -2.56. The lowest BCUT2D eigenvalue weighted by Crippen LogP contribution is -2.72. The van der Waals surface area contributed by atoms with Crippen LogP contribution in [0.2, 0.25) is 0 Å². The summed E-state index contributed by atoms with van der Waals surface area (Å²) in [5, 5.41) is 0. The van der Waals surface area contributed by atoms with Gasteiger partial charge in [-0.3, -0.25) is 9.88 Å². The summed E-state index contributed by atoms with van der Waals surface area (Å²) < 4.78 is 45.9. The number of carbonyl (C=O) groups excluding carboxylic acids is 1. The number of aliphatic imine (C=N–C) groups is 1. The van der Waals surface area contributed by atoms with E-state index in [1.807, 2.05) is 6.92 Å². The number of rotatable bonds is 4. The van der Waals surface area contributed by atoms with Crippen LogP contribution in [0, 0.1) is 18.6 Å². The van der Waals surface area contributed by atoms with Gasteiger partial charge in [-0.15, -0.1) is 0 Å². The summed E-state index contributed by atoms with van der Waals surface area (Å²) in [4.78, 5) is 24.7. The molecule has 0 aliphatic carbocycles. The Kier molecular flexibility index (Phi) is 5.49. The predicted octanol–water partition coefficient (Wildman–Crippen LogP) is 3.63. The molecule has 2 aromatic rings. The van der Waals surface area contributed by atoms with Crippen LogP contribution in [0.25, 0.3) is 0 Å². The normalized spacial score (nSPS) is 26.5. The molecule has 0 radical (unpaired) electrons. The molecule has 10 heteroatoms. The SMILES string of the molecule is Cc1ccc(Oc2c(F)cc(COC3=NC(=O)N4C[C@@H]5CN(CCO5)C4(C)C3)cc2F)cn1. The number of morpholine rings is 1. The average Bonchev–Trinajstić information content (AvgIpc) is 2.78. The van der Waals surface area contributed by atoms with Crippen LogP contribution >= 0.6 is 0 Å². The van der Waals surface area contributed by atoms with Crippen LogP contribution in [0.15, 0.2) is 35.5 Å². The zero-order valence-electron chi connectivity index (χ0n) is 18.4. The number of ether oxygens (including phenoxy) is 3. The number of pyridine rings is 1. The number of fused-ring (bicyclic) bond motifs is 4. The second-order valence-electron chi connectivity index (χ2n) is 8.65. The van der Waals surface area contributed by atoms with Gasteiger partial charge >= 0.3 is 6.03 Å². The van der Waals surface area contributed by atoms with Crippen molar-refractivity contribution in [3.05, 3.63) is 53.4 Å². The standard InChI is InChI=1S/C23H24F2N4O4/c1-14-3-4-16(10-26-14)33-21-18(24)7-15(8-19(21)25)13-32-20-9-23(2)28-5-6-31-17(11-28)12-29(23)22(30)27-20/h3-4,7-8,10,17H,5-6,9,11-13H2,1-2H3/t17-,23?/m0/s1. The van der Waals surface area contributed by atoms with Gasteiger partial charge in [0.25, 0.3) is 0 Å². The Morgan fingerprint density at radius 3 is 2.76 bits per heavy atom. The summed E-state index contributed by atoms with van der Waals surface area (Å²) in [5.41, 5.74) is 0.459. The Bertz CT molecular complexity index is 1090. The molecule has 3 atom stereocenters. The maximum Gasteiger partial charge on any atom is 0.348 e. The third-order valence-electron chi connectivity index (χ3n) is 6.29. The number of hydrogen-bond donors (Lipinski definition) is 0. The first-order valence-corrected chi connectivity index (χ1v) is 10.8. The third-order valence-corrected chi connectivity index (χ3v) is 6.29. The average molecular weight is 458 g/mol. The number of aryl methyl sites for hydroxylation is 1. The van der Waals surface area contributed by atoms with Crippen molar-refractivity contribution in [2.75, 3.05) is 26.2 Å². The number of nitrogens with zero attached hydrogens (tertiary/aromatic N) is 4. The van der Waals surface area contributed by atoms with Crippen molar-refractivity contribution < 1.29 is 27.8 Å². The molecule has 2 bridgehead atoms. The molecule has 5 rings (SSSR count). The van der Waals surface area contributed by atoms with E-state index in [4.69, 9.17) is 14.2 Å². The van der Waals surface area contributed by atoms with E-state index in [0.29, 0.717) is 26.1 Å². The fraction of sp³-hybridized carbons (Fsp3) is 0.435. The van der Waals surface area contributed by atoms with E-state index in [2.05, 4.69) is 14.9 Å². The van der Waals surface area contributed by atoms with E-state index in [1.165, 1.54) is 6.20 Å². The zero-order chi connectivity index (χ0) is 23.2. The molecule has 0 saturated carbocycles. The monoisotopic (exact) mass is 458 g/mol. The molecule has 8 nitrogen and oxygen atoms in total. The minimum atomic E-state index is -0.861. The summed E-state index contributed by atoms with van der Waals surface area (Å²) in [6, 6.07) is 5.16. The fourth-order valence-electron chi connectivity index (χ4n) is 4.50. The maximum atomic E-state index is 14.6. The maximum absolute atomic E-state index is 14.6. The molecule has 0 N–H and O–H groups in total. The van der Waals surface area contributed by atoms with Gasteiger partial charge in [0, 0.05) is 18.8 Å². The molecule has 2 unspecified atom stereocenters. The Morgan fingerprint density at radius 2 is 2.03 bits per heavy atom. The van der Waals surface area contributed by atoms with E-state index in [1.54, 1.807) is 24.0 Å². The van der Waals surface area contributed by atoms with Crippen molar-refractivity contribution in [1.82, 2.24) is 14.8 Å². The molecule has 2 saturated heterocycles. The second-order valence-corrected chi connectivity index (χ2v) is 8.65. The van der Waals surface area contributed by atoms with Crippen LogP contribution in [0.4, 0.5) is 13.6 Å². The molecule has 2 amide bonds. The van der Waals surface area contributed by atoms with Crippen LogP contribution in [-0.4, -0.2) is 64.7 Å². The van der Waals surface area contributed by atoms with Crippen molar-refractivity contribution in [3.8, 4) is 11.5 Å². The summed E-state index contributed by atoms with van der Waals surface area (Å²) in [7, 11) is 0. The first kappa shape index (κ1) is 21.7. The third kappa shape index (κ3) is 4.16. The van der Waals surface area contributed by atoms with Crippen molar-refractivity contribution in [2.24, 2.45) is 4.99 Å².